The number of hydrogen-bond acceptors (Lipinski definition) is 2. The van der Waals surface area contributed by atoms with Crippen LogP contribution >= 0.6 is 0 Å². The summed E-state index contributed by atoms with van der Waals surface area (Å²) in [4.78, 5) is 12.4. The first-order valence-electron chi connectivity index (χ1n) is 9.25. The minimum Gasteiger partial charge on any atom is -0.219 e. The molecule has 130 valence electrons. The first-order chi connectivity index (χ1) is 12.6. The van der Waals surface area contributed by atoms with Gasteiger partial charge in [-0.1, -0.05) is 83.9 Å². The van der Waals surface area contributed by atoms with Crippen molar-refractivity contribution in [3.05, 3.63) is 106 Å². The lowest BCUT2D eigenvalue weighted by Gasteiger charge is -2.52. The molecule has 3 aliphatic rings. The molecule has 0 saturated carbocycles. The first kappa shape index (κ1) is 15.8. The molecule has 6 rings (SSSR count). The smallest absolute Gasteiger partial charge is 0.154 e. The Morgan fingerprint density at radius 2 is 0.962 bits per heavy atom. The maximum absolute atomic E-state index is 6.20. The van der Waals surface area contributed by atoms with Crippen LogP contribution in [0, 0.1) is 13.8 Å². The molecule has 2 heteroatoms. The van der Waals surface area contributed by atoms with Gasteiger partial charge in [-0.2, -0.15) is 0 Å². The van der Waals surface area contributed by atoms with Gasteiger partial charge in [-0.05, 0) is 48.9 Å². The molecule has 26 heavy (non-hydrogen) atoms. The molecule has 2 nitrogen and oxygen atoms in total. The van der Waals surface area contributed by atoms with Gasteiger partial charge in [0.05, 0.1) is 0 Å². The number of hydrogen-bond donors (Lipinski definition) is 0. The summed E-state index contributed by atoms with van der Waals surface area (Å²) in [6, 6.07) is 25.8. The molecule has 1 fully saturated rings. The molecular formula is C24H22O2. The summed E-state index contributed by atoms with van der Waals surface area (Å²) in [5, 5.41) is 0. The van der Waals surface area contributed by atoms with Crippen molar-refractivity contribution in [2.24, 2.45) is 0 Å². The van der Waals surface area contributed by atoms with Gasteiger partial charge in [-0.15, -0.1) is 0 Å². The Bertz CT molecular complexity index is 866. The van der Waals surface area contributed by atoms with E-state index in [4.69, 9.17) is 9.78 Å². The monoisotopic (exact) mass is 342 g/mol. The molecule has 0 unspecified atom stereocenters. The van der Waals surface area contributed by atoms with Gasteiger partial charge in [-0.3, -0.25) is 0 Å². The Labute approximate surface area is 154 Å². The predicted molar refractivity (Wildman–Crippen MR) is 102 cm³/mol. The van der Waals surface area contributed by atoms with E-state index in [1.165, 1.54) is 22.3 Å². The molecule has 3 aromatic carbocycles. The van der Waals surface area contributed by atoms with Crippen molar-refractivity contribution in [1.82, 2.24) is 0 Å². The molecule has 1 aliphatic carbocycles. The fourth-order valence-corrected chi connectivity index (χ4v) is 4.47. The Morgan fingerprint density at radius 1 is 0.577 bits per heavy atom. The maximum Gasteiger partial charge on any atom is 0.154 e. The molecule has 0 aromatic heterocycles. The molecule has 0 amide bonds. The van der Waals surface area contributed by atoms with Gasteiger partial charge in [0.15, 0.2) is 11.2 Å². The molecular weight excluding hydrogens is 320 g/mol. The van der Waals surface area contributed by atoms with E-state index in [1.54, 1.807) is 0 Å². The summed E-state index contributed by atoms with van der Waals surface area (Å²) < 4.78 is 0. The van der Waals surface area contributed by atoms with Crippen LogP contribution in [0.25, 0.3) is 0 Å². The molecule has 2 bridgehead atoms. The Balaban J connectivity index is 1.71. The lowest BCUT2D eigenvalue weighted by atomic mass is 9.66. The zero-order valence-electron chi connectivity index (χ0n) is 15.2. The van der Waals surface area contributed by atoms with Gasteiger partial charge >= 0.3 is 0 Å². The normalized spacial score (nSPS) is 26.5. The van der Waals surface area contributed by atoms with E-state index in [-0.39, 0.29) is 0 Å². The number of rotatable bonds is 2. The van der Waals surface area contributed by atoms with E-state index in [1.807, 2.05) is 0 Å². The van der Waals surface area contributed by atoms with Crippen LogP contribution in [0.4, 0.5) is 0 Å². The zero-order valence-corrected chi connectivity index (χ0v) is 15.2. The standard InChI is InChI=1S/C24H22O2/c1-17-7-11-19(12-8-17)23-15-16-24(26-25-23,20-13-9-18(2)10-14-20)22-6-4-3-5-21(22)23/h3-14H,15-16H2,1-2H3/t23-,24+. The molecule has 1 saturated heterocycles. The summed E-state index contributed by atoms with van der Waals surface area (Å²) in [6.45, 7) is 4.22. The van der Waals surface area contributed by atoms with Gasteiger partial charge in [0.25, 0.3) is 0 Å². The third-order valence-electron chi connectivity index (χ3n) is 5.99. The molecule has 2 atom stereocenters. The van der Waals surface area contributed by atoms with Gasteiger partial charge in [0.2, 0.25) is 0 Å². The highest BCUT2D eigenvalue weighted by molar-refractivity contribution is 5.52. The highest BCUT2D eigenvalue weighted by atomic mass is 17.2. The van der Waals surface area contributed by atoms with E-state index in [2.05, 4.69) is 86.6 Å². The Hall–Kier alpha value is -2.42. The molecule has 3 aromatic rings. The van der Waals surface area contributed by atoms with Crippen molar-refractivity contribution in [2.75, 3.05) is 0 Å². The van der Waals surface area contributed by atoms with E-state index in [9.17, 15) is 0 Å². The van der Waals surface area contributed by atoms with Crippen LogP contribution in [0.5, 0.6) is 0 Å². The molecule has 0 radical (unpaired) electrons. The lowest BCUT2D eigenvalue weighted by molar-refractivity contribution is -0.443. The van der Waals surface area contributed by atoms with Crippen molar-refractivity contribution in [1.29, 1.82) is 0 Å². The van der Waals surface area contributed by atoms with Gasteiger partial charge < -0.3 is 0 Å². The predicted octanol–water partition coefficient (Wildman–Crippen LogP) is 5.55. The number of aryl methyl sites for hydroxylation is 2. The van der Waals surface area contributed by atoms with Gasteiger partial charge in [0.1, 0.15) is 0 Å². The fourth-order valence-electron chi connectivity index (χ4n) is 4.47. The first-order valence-corrected chi connectivity index (χ1v) is 9.25. The van der Waals surface area contributed by atoms with E-state index >= 15 is 0 Å². The van der Waals surface area contributed by atoms with Crippen LogP contribution in [0.1, 0.15) is 46.2 Å². The molecule has 2 aliphatic heterocycles. The van der Waals surface area contributed by atoms with Crippen LogP contribution in [-0.4, -0.2) is 0 Å². The van der Waals surface area contributed by atoms with Crippen molar-refractivity contribution in [3.63, 3.8) is 0 Å². The SMILES string of the molecule is Cc1ccc([C@]23CC[C@](c4ccc(C)cc4)(OO2)c2ccccc23)cc1. The molecule has 2 heterocycles. The van der Waals surface area contributed by atoms with E-state index < -0.39 is 11.2 Å². The highest BCUT2D eigenvalue weighted by Crippen LogP contribution is 2.58. The summed E-state index contributed by atoms with van der Waals surface area (Å²) in [5.41, 5.74) is 6.23. The number of fused-ring (bicyclic) bond motifs is 2. The minimum absolute atomic E-state index is 0.517. The van der Waals surface area contributed by atoms with Crippen molar-refractivity contribution in [3.8, 4) is 0 Å². The summed E-state index contributed by atoms with van der Waals surface area (Å²) in [5.74, 6) is 0. The average molecular weight is 342 g/mol. The van der Waals surface area contributed by atoms with E-state index in [0.29, 0.717) is 0 Å². The lowest BCUT2D eigenvalue weighted by Crippen LogP contribution is -2.51. The minimum atomic E-state index is -0.517. The van der Waals surface area contributed by atoms with E-state index in [0.717, 1.165) is 24.0 Å². The summed E-state index contributed by atoms with van der Waals surface area (Å²) >= 11 is 0. The van der Waals surface area contributed by atoms with Crippen LogP contribution in [0.2, 0.25) is 0 Å². The second-order valence-corrected chi connectivity index (χ2v) is 7.60. The summed E-state index contributed by atoms with van der Waals surface area (Å²) in [6.07, 6.45) is 1.81. The van der Waals surface area contributed by atoms with Crippen LogP contribution in [0.15, 0.2) is 72.8 Å². The van der Waals surface area contributed by atoms with Gasteiger partial charge in [0, 0.05) is 0 Å². The van der Waals surface area contributed by atoms with Crippen molar-refractivity contribution >= 4 is 0 Å². The van der Waals surface area contributed by atoms with Crippen molar-refractivity contribution in [2.45, 2.75) is 37.9 Å². The van der Waals surface area contributed by atoms with Crippen LogP contribution in [0.3, 0.4) is 0 Å². The topological polar surface area (TPSA) is 18.5 Å². The maximum atomic E-state index is 6.20. The fraction of sp³-hybridized carbons (Fsp3) is 0.250. The zero-order chi connectivity index (χ0) is 17.8. The quantitative estimate of drug-likeness (QED) is 0.569. The Kier molecular flexibility index (Phi) is 3.37. The van der Waals surface area contributed by atoms with Crippen LogP contribution in [-0.2, 0) is 21.0 Å². The second kappa shape index (κ2) is 5.54. The Morgan fingerprint density at radius 3 is 1.31 bits per heavy atom. The molecule has 0 N–H and O–H groups in total. The third-order valence-corrected chi connectivity index (χ3v) is 5.99. The third kappa shape index (κ3) is 2.06. The number of benzene rings is 3. The second-order valence-electron chi connectivity index (χ2n) is 7.60. The highest BCUT2D eigenvalue weighted by Gasteiger charge is 2.57. The average Bonchev–Trinajstić information content (AvgIpc) is 2.70. The largest absolute Gasteiger partial charge is 0.219 e. The van der Waals surface area contributed by atoms with Crippen molar-refractivity contribution < 1.29 is 9.78 Å². The van der Waals surface area contributed by atoms with Crippen LogP contribution < -0.4 is 0 Å². The van der Waals surface area contributed by atoms with Gasteiger partial charge in [-0.25, -0.2) is 9.78 Å². The molecule has 0 spiro atoms. The summed E-state index contributed by atoms with van der Waals surface area (Å²) in [7, 11) is 0.